The Morgan fingerprint density at radius 3 is 2.44 bits per heavy atom. The van der Waals surface area contributed by atoms with Crippen LogP contribution in [0, 0.1) is 0 Å². The smallest absolute Gasteiger partial charge is 0.408 e. The van der Waals surface area contributed by atoms with Crippen molar-refractivity contribution >= 4 is 27.5 Å². The van der Waals surface area contributed by atoms with Gasteiger partial charge in [0.15, 0.2) is 0 Å². The molecule has 1 amide bonds. The molecule has 1 atom stereocenters. The van der Waals surface area contributed by atoms with Crippen molar-refractivity contribution in [2.75, 3.05) is 0 Å². The fourth-order valence-corrected chi connectivity index (χ4v) is 4.23. The van der Waals surface area contributed by atoms with Gasteiger partial charge >= 0.3 is 11.3 Å². The zero-order chi connectivity index (χ0) is 23.4. The van der Waals surface area contributed by atoms with E-state index in [1.165, 1.54) is 0 Å². The highest BCUT2D eigenvalue weighted by Gasteiger charge is 2.28. The highest BCUT2D eigenvalue weighted by Crippen LogP contribution is 2.23. The summed E-state index contributed by atoms with van der Waals surface area (Å²) < 4.78 is 36.4. The lowest BCUT2D eigenvalue weighted by Crippen LogP contribution is -2.36. The molecule has 0 fully saturated rings. The zero-order valence-electron chi connectivity index (χ0n) is 17.9. The third-order valence-electron chi connectivity index (χ3n) is 4.21. The Morgan fingerprint density at radius 2 is 1.78 bits per heavy atom. The number of nitrogens with one attached hydrogen (secondary N) is 1. The number of hydrogen-bond acceptors (Lipinski definition) is 7. The van der Waals surface area contributed by atoms with E-state index in [4.69, 9.17) is 20.8 Å². The number of sulfone groups is 1. The van der Waals surface area contributed by atoms with Crippen LogP contribution in [0.15, 0.2) is 64.2 Å². The van der Waals surface area contributed by atoms with Crippen LogP contribution in [-0.2, 0) is 26.7 Å². The molecule has 170 valence electrons. The Hall–Kier alpha value is -2.91. The molecule has 3 rings (SSSR count). The molecule has 1 heterocycles. The van der Waals surface area contributed by atoms with Crippen LogP contribution in [0.3, 0.4) is 0 Å². The maximum Gasteiger partial charge on any atom is 0.408 e. The van der Waals surface area contributed by atoms with Crippen LogP contribution < -0.4 is 5.32 Å². The van der Waals surface area contributed by atoms with Gasteiger partial charge in [0.05, 0.1) is 5.75 Å². The van der Waals surface area contributed by atoms with E-state index < -0.39 is 32.8 Å². The standard InChI is InChI=1S/C22H24ClN3O5S/c1-22(2,3)31-20(27)24-18(13-15-8-5-4-6-9-15)19-25-26-21(30-19)32(28,29)14-16-10-7-11-17(23)12-16/h4-12,18H,13-14H2,1-3H3,(H,24,27)/t18-/m1/s1. The quantitative estimate of drug-likeness (QED) is 0.533. The summed E-state index contributed by atoms with van der Waals surface area (Å²) in [6.45, 7) is 5.23. The maximum atomic E-state index is 12.8. The summed E-state index contributed by atoms with van der Waals surface area (Å²) >= 11 is 5.94. The number of carbonyl (C=O) groups excluding carboxylic acids is 1. The van der Waals surface area contributed by atoms with Crippen LogP contribution in [-0.4, -0.2) is 30.3 Å². The second-order valence-corrected chi connectivity index (χ2v) is 10.5. The van der Waals surface area contributed by atoms with Gasteiger partial charge in [0.1, 0.15) is 11.6 Å². The van der Waals surface area contributed by atoms with Crippen molar-refractivity contribution in [1.82, 2.24) is 15.5 Å². The van der Waals surface area contributed by atoms with Gasteiger partial charge in [-0.05, 0) is 44.0 Å². The fraction of sp³-hybridized carbons (Fsp3) is 0.318. The summed E-state index contributed by atoms with van der Waals surface area (Å²) in [6, 6.07) is 15.0. The molecule has 0 radical (unpaired) electrons. The zero-order valence-corrected chi connectivity index (χ0v) is 19.5. The summed E-state index contributed by atoms with van der Waals surface area (Å²) in [4.78, 5) is 12.4. The van der Waals surface area contributed by atoms with Gasteiger partial charge in [-0.1, -0.05) is 59.2 Å². The fourth-order valence-electron chi connectivity index (χ4n) is 2.89. The monoisotopic (exact) mass is 477 g/mol. The third kappa shape index (κ3) is 6.80. The molecule has 0 saturated heterocycles. The van der Waals surface area contributed by atoms with Gasteiger partial charge in [-0.2, -0.15) is 0 Å². The molecule has 0 aliphatic heterocycles. The number of rotatable bonds is 7. The van der Waals surface area contributed by atoms with Crippen LogP contribution in [0.2, 0.25) is 5.02 Å². The maximum absolute atomic E-state index is 12.8. The van der Waals surface area contributed by atoms with Gasteiger partial charge < -0.3 is 14.5 Å². The van der Waals surface area contributed by atoms with E-state index in [1.807, 2.05) is 30.3 Å². The van der Waals surface area contributed by atoms with E-state index in [-0.39, 0.29) is 11.6 Å². The van der Waals surface area contributed by atoms with Gasteiger partial charge in [-0.15, -0.1) is 5.10 Å². The Labute approximate surface area is 191 Å². The Balaban J connectivity index is 1.84. The SMILES string of the molecule is CC(C)(C)OC(=O)N[C@H](Cc1ccccc1)c1nnc(S(=O)(=O)Cc2cccc(Cl)c2)o1. The Morgan fingerprint density at radius 1 is 1.09 bits per heavy atom. The number of amides is 1. The van der Waals surface area contributed by atoms with E-state index in [1.54, 1.807) is 45.0 Å². The van der Waals surface area contributed by atoms with Gasteiger partial charge in [-0.25, -0.2) is 13.2 Å². The first-order valence-electron chi connectivity index (χ1n) is 9.86. The normalized spacial score (nSPS) is 12.9. The van der Waals surface area contributed by atoms with Crippen molar-refractivity contribution in [2.45, 2.75) is 49.8 Å². The summed E-state index contributed by atoms with van der Waals surface area (Å²) in [7, 11) is -3.92. The molecule has 0 saturated carbocycles. The third-order valence-corrected chi connectivity index (χ3v) is 5.85. The summed E-state index contributed by atoms with van der Waals surface area (Å²) in [5, 5.41) is 10.2. The molecule has 0 aliphatic rings. The van der Waals surface area contributed by atoms with Crippen molar-refractivity contribution in [2.24, 2.45) is 0 Å². The molecule has 0 aliphatic carbocycles. The molecule has 1 N–H and O–H groups in total. The topological polar surface area (TPSA) is 111 Å². The van der Waals surface area contributed by atoms with Crippen LogP contribution in [0.5, 0.6) is 0 Å². The van der Waals surface area contributed by atoms with Gasteiger partial charge in [0.2, 0.25) is 15.7 Å². The number of ether oxygens (including phenoxy) is 1. The minimum atomic E-state index is -3.92. The average Bonchev–Trinajstić information content (AvgIpc) is 3.18. The highest BCUT2D eigenvalue weighted by atomic mass is 35.5. The first kappa shape index (κ1) is 23.7. The van der Waals surface area contributed by atoms with E-state index in [0.29, 0.717) is 17.0 Å². The second-order valence-electron chi connectivity index (χ2n) is 8.18. The number of halogens is 1. The number of hydrogen-bond donors (Lipinski definition) is 1. The van der Waals surface area contributed by atoms with Crippen LogP contribution in [0.25, 0.3) is 0 Å². The van der Waals surface area contributed by atoms with Crippen molar-refractivity contribution in [3.8, 4) is 0 Å². The van der Waals surface area contributed by atoms with E-state index >= 15 is 0 Å². The lowest BCUT2D eigenvalue weighted by Gasteiger charge is -2.22. The molecule has 0 spiro atoms. The van der Waals surface area contributed by atoms with Crippen molar-refractivity contribution in [3.63, 3.8) is 0 Å². The molecule has 10 heteroatoms. The van der Waals surface area contributed by atoms with Crippen LogP contribution in [0.1, 0.15) is 43.8 Å². The number of carbonyl (C=O) groups is 1. The van der Waals surface area contributed by atoms with Crippen molar-refractivity contribution in [1.29, 1.82) is 0 Å². The molecule has 0 bridgehead atoms. The number of aromatic nitrogens is 2. The predicted octanol–water partition coefficient (Wildman–Crippen LogP) is 4.51. The van der Waals surface area contributed by atoms with Gasteiger partial charge in [0, 0.05) is 11.4 Å². The van der Waals surface area contributed by atoms with E-state index in [0.717, 1.165) is 5.56 Å². The molecule has 2 aromatic carbocycles. The van der Waals surface area contributed by atoms with Gasteiger partial charge in [0.25, 0.3) is 0 Å². The number of alkyl carbamates (subject to hydrolysis) is 1. The predicted molar refractivity (Wildman–Crippen MR) is 119 cm³/mol. The number of nitrogens with zero attached hydrogens (tertiary/aromatic N) is 2. The van der Waals surface area contributed by atoms with E-state index in [2.05, 4.69) is 15.5 Å². The summed E-state index contributed by atoms with van der Waals surface area (Å²) in [5.74, 6) is -0.387. The second kappa shape index (κ2) is 9.70. The van der Waals surface area contributed by atoms with E-state index in [9.17, 15) is 13.2 Å². The molecule has 0 unspecified atom stereocenters. The Kier molecular flexibility index (Phi) is 7.20. The minimum absolute atomic E-state index is 0.0376. The lowest BCUT2D eigenvalue weighted by molar-refractivity contribution is 0.0494. The summed E-state index contributed by atoms with van der Waals surface area (Å²) in [6.07, 6.45) is -0.379. The van der Waals surface area contributed by atoms with Crippen molar-refractivity contribution < 1.29 is 22.4 Å². The average molecular weight is 478 g/mol. The summed E-state index contributed by atoms with van der Waals surface area (Å²) in [5.41, 5.74) is 0.668. The van der Waals surface area contributed by atoms with Crippen LogP contribution >= 0.6 is 11.6 Å². The molecule has 32 heavy (non-hydrogen) atoms. The largest absolute Gasteiger partial charge is 0.444 e. The molecular formula is C22H24ClN3O5S. The first-order chi connectivity index (χ1) is 15.0. The lowest BCUT2D eigenvalue weighted by atomic mass is 10.1. The minimum Gasteiger partial charge on any atom is -0.444 e. The molecule has 8 nitrogen and oxygen atoms in total. The van der Waals surface area contributed by atoms with Gasteiger partial charge in [-0.3, -0.25) is 0 Å². The number of benzene rings is 2. The molecule has 3 aromatic rings. The van der Waals surface area contributed by atoms with Crippen LogP contribution in [0.4, 0.5) is 4.79 Å². The molecular weight excluding hydrogens is 454 g/mol. The first-order valence-corrected chi connectivity index (χ1v) is 11.9. The highest BCUT2D eigenvalue weighted by molar-refractivity contribution is 7.90. The Bertz CT molecular complexity index is 1170. The van der Waals surface area contributed by atoms with Crippen molar-refractivity contribution in [3.05, 3.63) is 76.6 Å². The molecule has 1 aromatic heterocycles.